The van der Waals surface area contributed by atoms with Gasteiger partial charge in [0.25, 0.3) is 0 Å². The summed E-state index contributed by atoms with van der Waals surface area (Å²) in [5.74, 6) is 1.04. The molecule has 4 nitrogen and oxygen atoms in total. The van der Waals surface area contributed by atoms with Gasteiger partial charge in [-0.15, -0.1) is 0 Å². The number of aromatic nitrogens is 2. The molecule has 0 spiro atoms. The van der Waals surface area contributed by atoms with E-state index in [1.807, 2.05) is 24.0 Å². The third-order valence-electron chi connectivity index (χ3n) is 3.86. The van der Waals surface area contributed by atoms with Gasteiger partial charge in [0.05, 0.1) is 5.60 Å². The molecule has 0 aromatic carbocycles. The molecule has 16 heavy (non-hydrogen) atoms. The fourth-order valence-electron chi connectivity index (χ4n) is 2.68. The van der Waals surface area contributed by atoms with Crippen LogP contribution >= 0.6 is 0 Å². The van der Waals surface area contributed by atoms with E-state index in [-0.39, 0.29) is 11.6 Å². The van der Waals surface area contributed by atoms with Gasteiger partial charge in [-0.05, 0) is 12.8 Å². The minimum absolute atomic E-state index is 0.0427. The van der Waals surface area contributed by atoms with E-state index in [1.54, 1.807) is 7.11 Å². The van der Waals surface area contributed by atoms with Crippen molar-refractivity contribution in [3.63, 3.8) is 0 Å². The summed E-state index contributed by atoms with van der Waals surface area (Å²) in [6.07, 6.45) is 9.16. The van der Waals surface area contributed by atoms with Crippen molar-refractivity contribution in [1.29, 1.82) is 0 Å². The average molecular weight is 223 g/mol. The van der Waals surface area contributed by atoms with Crippen LogP contribution in [0.5, 0.6) is 0 Å². The second kappa shape index (κ2) is 4.55. The Morgan fingerprint density at radius 3 is 2.75 bits per heavy atom. The van der Waals surface area contributed by atoms with Crippen LogP contribution in [0.4, 0.5) is 0 Å². The fraction of sp³-hybridized carbons (Fsp3) is 0.750. The summed E-state index contributed by atoms with van der Waals surface area (Å²) in [6, 6.07) is 0.0427. The summed E-state index contributed by atoms with van der Waals surface area (Å²) in [7, 11) is 3.78. The second-order valence-electron chi connectivity index (χ2n) is 4.74. The number of hydrogen-bond donors (Lipinski definition) is 1. The van der Waals surface area contributed by atoms with Gasteiger partial charge in [-0.2, -0.15) is 0 Å². The van der Waals surface area contributed by atoms with Gasteiger partial charge in [0.15, 0.2) is 0 Å². The van der Waals surface area contributed by atoms with Gasteiger partial charge in [-0.25, -0.2) is 4.98 Å². The molecule has 0 bridgehead atoms. The predicted molar refractivity (Wildman–Crippen MR) is 63.1 cm³/mol. The molecular formula is C12H21N3O. The smallest absolute Gasteiger partial charge is 0.110 e. The molecule has 2 rings (SSSR count). The number of nitrogens with two attached hydrogens (primary N) is 1. The number of imidazole rings is 1. The summed E-state index contributed by atoms with van der Waals surface area (Å²) >= 11 is 0. The molecule has 0 aliphatic heterocycles. The van der Waals surface area contributed by atoms with Crippen LogP contribution in [0, 0.1) is 0 Å². The van der Waals surface area contributed by atoms with Crippen molar-refractivity contribution < 1.29 is 4.74 Å². The maximum Gasteiger partial charge on any atom is 0.110 e. The van der Waals surface area contributed by atoms with Crippen LogP contribution in [-0.2, 0) is 18.2 Å². The van der Waals surface area contributed by atoms with Gasteiger partial charge < -0.3 is 15.0 Å². The first kappa shape index (κ1) is 11.6. The molecule has 1 unspecified atom stereocenters. The molecule has 90 valence electrons. The van der Waals surface area contributed by atoms with Crippen molar-refractivity contribution in [3.05, 3.63) is 18.2 Å². The lowest BCUT2D eigenvalue weighted by molar-refractivity contribution is -0.0259. The van der Waals surface area contributed by atoms with E-state index in [0.29, 0.717) is 0 Å². The Hall–Kier alpha value is -0.870. The van der Waals surface area contributed by atoms with Crippen molar-refractivity contribution >= 4 is 0 Å². The van der Waals surface area contributed by atoms with Crippen molar-refractivity contribution in [3.8, 4) is 0 Å². The quantitative estimate of drug-likeness (QED) is 0.835. The molecule has 2 N–H and O–H groups in total. The van der Waals surface area contributed by atoms with E-state index in [9.17, 15) is 0 Å². The van der Waals surface area contributed by atoms with Gasteiger partial charge in [-0.1, -0.05) is 12.8 Å². The SMILES string of the molecule is COC1(C(N)Cc2nccn2C)CCCC1. The number of nitrogens with zero attached hydrogens (tertiary/aromatic N) is 2. The van der Waals surface area contributed by atoms with Crippen LogP contribution in [0.3, 0.4) is 0 Å². The highest BCUT2D eigenvalue weighted by atomic mass is 16.5. The van der Waals surface area contributed by atoms with E-state index >= 15 is 0 Å². The molecule has 0 amide bonds. The molecule has 1 aliphatic carbocycles. The van der Waals surface area contributed by atoms with Gasteiger partial charge in [-0.3, -0.25) is 0 Å². The van der Waals surface area contributed by atoms with Crippen LogP contribution in [0.1, 0.15) is 31.5 Å². The fourth-order valence-corrected chi connectivity index (χ4v) is 2.68. The Bertz CT molecular complexity index is 342. The van der Waals surface area contributed by atoms with Gasteiger partial charge in [0.2, 0.25) is 0 Å². The molecule has 1 aromatic heterocycles. The van der Waals surface area contributed by atoms with E-state index in [0.717, 1.165) is 25.1 Å². The van der Waals surface area contributed by atoms with Crippen molar-refractivity contribution in [2.24, 2.45) is 12.8 Å². The summed E-state index contributed by atoms with van der Waals surface area (Å²) in [5, 5.41) is 0. The summed E-state index contributed by atoms with van der Waals surface area (Å²) in [4.78, 5) is 4.32. The number of aryl methyl sites for hydroxylation is 1. The minimum atomic E-state index is -0.119. The molecular weight excluding hydrogens is 202 g/mol. The van der Waals surface area contributed by atoms with Crippen molar-refractivity contribution in [2.45, 2.75) is 43.7 Å². The second-order valence-corrected chi connectivity index (χ2v) is 4.74. The van der Waals surface area contributed by atoms with Crippen LogP contribution in [0.15, 0.2) is 12.4 Å². The van der Waals surface area contributed by atoms with E-state index < -0.39 is 0 Å². The van der Waals surface area contributed by atoms with E-state index in [4.69, 9.17) is 10.5 Å². The Morgan fingerprint density at radius 2 is 2.25 bits per heavy atom. The lowest BCUT2D eigenvalue weighted by Crippen LogP contribution is -2.49. The molecule has 1 aromatic rings. The van der Waals surface area contributed by atoms with E-state index in [1.165, 1.54) is 12.8 Å². The summed E-state index contributed by atoms with van der Waals surface area (Å²) < 4.78 is 7.71. The highest BCUT2D eigenvalue weighted by Gasteiger charge is 2.39. The number of methoxy groups -OCH3 is 1. The van der Waals surface area contributed by atoms with Crippen LogP contribution in [-0.4, -0.2) is 28.3 Å². The van der Waals surface area contributed by atoms with Crippen LogP contribution < -0.4 is 5.73 Å². The zero-order chi connectivity index (χ0) is 11.6. The molecule has 0 radical (unpaired) electrons. The monoisotopic (exact) mass is 223 g/mol. The molecule has 1 saturated carbocycles. The molecule has 4 heteroatoms. The first-order valence-corrected chi connectivity index (χ1v) is 5.95. The Balaban J connectivity index is 2.07. The minimum Gasteiger partial charge on any atom is -0.377 e. The predicted octanol–water partition coefficient (Wildman–Crippen LogP) is 1.25. The Kier molecular flexibility index (Phi) is 3.30. The summed E-state index contributed by atoms with van der Waals surface area (Å²) in [6.45, 7) is 0. The molecule has 1 fully saturated rings. The lowest BCUT2D eigenvalue weighted by atomic mass is 9.90. The van der Waals surface area contributed by atoms with Crippen LogP contribution in [0.25, 0.3) is 0 Å². The maximum atomic E-state index is 6.31. The molecule has 1 aliphatic rings. The molecule has 1 atom stereocenters. The van der Waals surface area contributed by atoms with Gasteiger partial charge in [0, 0.05) is 39.0 Å². The van der Waals surface area contributed by atoms with Gasteiger partial charge >= 0.3 is 0 Å². The van der Waals surface area contributed by atoms with Crippen molar-refractivity contribution in [1.82, 2.24) is 9.55 Å². The zero-order valence-corrected chi connectivity index (χ0v) is 10.1. The number of rotatable bonds is 4. The van der Waals surface area contributed by atoms with Crippen LogP contribution in [0.2, 0.25) is 0 Å². The Labute approximate surface area is 96.8 Å². The third kappa shape index (κ3) is 1.99. The maximum absolute atomic E-state index is 6.31. The number of ether oxygens (including phenoxy) is 1. The Morgan fingerprint density at radius 1 is 1.56 bits per heavy atom. The van der Waals surface area contributed by atoms with E-state index in [2.05, 4.69) is 4.98 Å². The van der Waals surface area contributed by atoms with Crippen molar-refractivity contribution in [2.75, 3.05) is 7.11 Å². The largest absolute Gasteiger partial charge is 0.377 e. The lowest BCUT2D eigenvalue weighted by Gasteiger charge is -2.33. The first-order chi connectivity index (χ1) is 7.68. The summed E-state index contributed by atoms with van der Waals surface area (Å²) in [5.41, 5.74) is 6.19. The highest BCUT2D eigenvalue weighted by molar-refractivity contribution is 5.02. The highest BCUT2D eigenvalue weighted by Crippen LogP contribution is 2.35. The normalized spacial score (nSPS) is 21.2. The molecule has 0 saturated heterocycles. The standard InChI is InChI=1S/C12H21N3O/c1-15-8-7-14-11(15)9-10(13)12(16-2)5-3-4-6-12/h7-8,10H,3-6,9,13H2,1-2H3. The number of hydrogen-bond acceptors (Lipinski definition) is 3. The topological polar surface area (TPSA) is 53.1 Å². The third-order valence-corrected chi connectivity index (χ3v) is 3.86. The average Bonchev–Trinajstić information content (AvgIpc) is 2.89. The first-order valence-electron chi connectivity index (χ1n) is 5.95. The van der Waals surface area contributed by atoms with Gasteiger partial charge in [0.1, 0.15) is 5.82 Å². The molecule has 1 heterocycles. The zero-order valence-electron chi connectivity index (χ0n) is 10.1.